The monoisotopic (exact) mass is 307 g/mol. The molecule has 1 atom stereocenters. The molecule has 0 bridgehead atoms. The summed E-state index contributed by atoms with van der Waals surface area (Å²) < 4.78 is 26.9. The van der Waals surface area contributed by atoms with Gasteiger partial charge in [0, 0.05) is 26.0 Å². The van der Waals surface area contributed by atoms with E-state index in [2.05, 4.69) is 15.0 Å². The Morgan fingerprint density at radius 3 is 2.62 bits per heavy atom. The quantitative estimate of drug-likeness (QED) is 0.844. The SMILES string of the molecule is Cn1ccnc1-c1cnc([C@H]2CCCN2S(C)(=O)=O)cn1. The van der Waals surface area contributed by atoms with Crippen molar-refractivity contribution in [3.63, 3.8) is 0 Å². The molecule has 7 nitrogen and oxygen atoms in total. The molecule has 0 unspecified atom stereocenters. The highest BCUT2D eigenvalue weighted by molar-refractivity contribution is 7.88. The molecule has 21 heavy (non-hydrogen) atoms. The molecule has 0 amide bonds. The maximum Gasteiger partial charge on any atom is 0.211 e. The molecule has 0 radical (unpaired) electrons. The molecule has 1 fully saturated rings. The lowest BCUT2D eigenvalue weighted by molar-refractivity contribution is 0.393. The molecule has 3 heterocycles. The summed E-state index contributed by atoms with van der Waals surface area (Å²) in [5.41, 5.74) is 1.37. The Bertz CT molecular complexity index is 738. The van der Waals surface area contributed by atoms with E-state index in [0.29, 0.717) is 17.9 Å². The molecule has 0 aliphatic carbocycles. The van der Waals surface area contributed by atoms with Crippen molar-refractivity contribution in [1.29, 1.82) is 0 Å². The Labute approximate surface area is 123 Å². The van der Waals surface area contributed by atoms with Crippen LogP contribution >= 0.6 is 0 Å². The maximum atomic E-state index is 11.8. The zero-order valence-corrected chi connectivity index (χ0v) is 12.8. The lowest BCUT2D eigenvalue weighted by atomic mass is 10.2. The van der Waals surface area contributed by atoms with Crippen LogP contribution in [-0.4, -0.2) is 45.0 Å². The molecule has 0 saturated carbocycles. The molecular weight excluding hydrogens is 290 g/mol. The number of imidazole rings is 1. The van der Waals surface area contributed by atoms with Gasteiger partial charge in [0.05, 0.1) is 30.4 Å². The van der Waals surface area contributed by atoms with Gasteiger partial charge in [0.2, 0.25) is 10.0 Å². The second kappa shape index (κ2) is 5.19. The Morgan fingerprint density at radius 2 is 2.05 bits per heavy atom. The summed E-state index contributed by atoms with van der Waals surface area (Å²) in [4.78, 5) is 13.0. The first-order valence-corrected chi connectivity index (χ1v) is 8.58. The predicted molar refractivity (Wildman–Crippen MR) is 77.8 cm³/mol. The zero-order valence-electron chi connectivity index (χ0n) is 12.0. The van der Waals surface area contributed by atoms with E-state index in [1.165, 1.54) is 10.6 Å². The summed E-state index contributed by atoms with van der Waals surface area (Å²) in [5.74, 6) is 0.737. The fourth-order valence-electron chi connectivity index (χ4n) is 2.67. The first-order chi connectivity index (χ1) is 9.97. The smallest absolute Gasteiger partial charge is 0.211 e. The van der Waals surface area contributed by atoms with Crippen molar-refractivity contribution in [1.82, 2.24) is 23.8 Å². The van der Waals surface area contributed by atoms with Gasteiger partial charge >= 0.3 is 0 Å². The predicted octanol–water partition coefficient (Wildman–Crippen LogP) is 0.974. The van der Waals surface area contributed by atoms with Crippen molar-refractivity contribution in [2.45, 2.75) is 18.9 Å². The van der Waals surface area contributed by atoms with Gasteiger partial charge in [-0.3, -0.25) is 4.98 Å². The topological polar surface area (TPSA) is 81.0 Å². The van der Waals surface area contributed by atoms with Crippen LogP contribution in [0.5, 0.6) is 0 Å². The van der Waals surface area contributed by atoms with Gasteiger partial charge < -0.3 is 4.57 Å². The van der Waals surface area contributed by atoms with E-state index in [1.54, 1.807) is 18.6 Å². The Kier molecular flexibility index (Phi) is 3.50. The average molecular weight is 307 g/mol. The van der Waals surface area contributed by atoms with Crippen molar-refractivity contribution in [3.8, 4) is 11.5 Å². The summed E-state index contributed by atoms with van der Waals surface area (Å²) in [6.07, 6.45) is 9.71. The molecule has 3 rings (SSSR count). The van der Waals surface area contributed by atoms with Gasteiger partial charge in [-0.2, -0.15) is 4.31 Å². The molecule has 2 aromatic rings. The Morgan fingerprint density at radius 1 is 1.24 bits per heavy atom. The number of rotatable bonds is 3. The van der Waals surface area contributed by atoms with Crippen LogP contribution in [0.3, 0.4) is 0 Å². The van der Waals surface area contributed by atoms with Crippen molar-refractivity contribution >= 4 is 10.0 Å². The van der Waals surface area contributed by atoms with Crippen molar-refractivity contribution in [2.75, 3.05) is 12.8 Å². The minimum absolute atomic E-state index is 0.206. The fraction of sp³-hybridized carbons (Fsp3) is 0.462. The van der Waals surface area contributed by atoms with Gasteiger partial charge in [-0.1, -0.05) is 0 Å². The highest BCUT2D eigenvalue weighted by atomic mass is 32.2. The third-order valence-electron chi connectivity index (χ3n) is 3.69. The highest BCUT2D eigenvalue weighted by Gasteiger charge is 2.33. The average Bonchev–Trinajstić information content (AvgIpc) is 3.06. The number of nitrogens with zero attached hydrogens (tertiary/aromatic N) is 5. The van der Waals surface area contributed by atoms with Crippen LogP contribution in [0.2, 0.25) is 0 Å². The van der Waals surface area contributed by atoms with Crippen LogP contribution in [-0.2, 0) is 17.1 Å². The highest BCUT2D eigenvalue weighted by Crippen LogP contribution is 2.32. The molecule has 8 heteroatoms. The minimum atomic E-state index is -3.21. The Balaban J connectivity index is 1.89. The van der Waals surface area contributed by atoms with Gasteiger partial charge in [-0.25, -0.2) is 18.4 Å². The molecular formula is C13H17N5O2S. The molecule has 112 valence electrons. The number of hydrogen-bond donors (Lipinski definition) is 0. The second-order valence-corrected chi connectivity index (χ2v) is 7.16. The number of hydrogen-bond acceptors (Lipinski definition) is 5. The van der Waals surface area contributed by atoms with Gasteiger partial charge in [-0.15, -0.1) is 0 Å². The number of aromatic nitrogens is 4. The normalized spacial score (nSPS) is 20.0. The summed E-state index contributed by atoms with van der Waals surface area (Å²) in [6, 6.07) is -0.206. The van der Waals surface area contributed by atoms with E-state index in [9.17, 15) is 8.42 Å². The van der Waals surface area contributed by atoms with Crippen molar-refractivity contribution in [2.24, 2.45) is 7.05 Å². The van der Waals surface area contributed by atoms with E-state index >= 15 is 0 Å². The second-order valence-electron chi connectivity index (χ2n) is 5.22. The fourth-order valence-corrected chi connectivity index (χ4v) is 3.81. The van der Waals surface area contributed by atoms with Gasteiger partial charge in [0.25, 0.3) is 0 Å². The summed E-state index contributed by atoms with van der Waals surface area (Å²) in [7, 11) is -1.32. The van der Waals surface area contributed by atoms with E-state index in [-0.39, 0.29) is 6.04 Å². The maximum absolute atomic E-state index is 11.8. The van der Waals surface area contributed by atoms with Crippen LogP contribution in [0.25, 0.3) is 11.5 Å². The van der Waals surface area contributed by atoms with Crippen molar-refractivity contribution in [3.05, 3.63) is 30.5 Å². The molecule has 2 aromatic heterocycles. The number of sulfonamides is 1. The first kappa shape index (κ1) is 14.2. The number of aryl methyl sites for hydroxylation is 1. The van der Waals surface area contributed by atoms with Crippen LogP contribution in [0.1, 0.15) is 24.6 Å². The van der Waals surface area contributed by atoms with E-state index in [0.717, 1.165) is 18.7 Å². The molecule has 0 aromatic carbocycles. The summed E-state index contributed by atoms with van der Waals surface area (Å²) in [6.45, 7) is 0.548. The minimum Gasteiger partial charge on any atom is -0.333 e. The first-order valence-electron chi connectivity index (χ1n) is 6.73. The van der Waals surface area contributed by atoms with Gasteiger partial charge in [-0.05, 0) is 12.8 Å². The van der Waals surface area contributed by atoms with Gasteiger partial charge in [0.1, 0.15) is 5.69 Å². The molecule has 1 aliphatic rings. The summed E-state index contributed by atoms with van der Waals surface area (Å²) >= 11 is 0. The van der Waals surface area contributed by atoms with Crippen LogP contribution in [0.15, 0.2) is 24.8 Å². The van der Waals surface area contributed by atoms with Gasteiger partial charge in [0.15, 0.2) is 5.82 Å². The van der Waals surface area contributed by atoms with Crippen LogP contribution in [0, 0.1) is 0 Å². The van der Waals surface area contributed by atoms with Crippen LogP contribution < -0.4 is 0 Å². The summed E-state index contributed by atoms with van der Waals surface area (Å²) in [5, 5.41) is 0. The zero-order chi connectivity index (χ0) is 15.0. The molecule has 1 saturated heterocycles. The Hall–Kier alpha value is -1.80. The van der Waals surface area contributed by atoms with Crippen LogP contribution in [0.4, 0.5) is 0 Å². The lowest BCUT2D eigenvalue weighted by Gasteiger charge is -2.21. The largest absolute Gasteiger partial charge is 0.333 e. The van der Waals surface area contributed by atoms with E-state index in [1.807, 2.05) is 17.8 Å². The van der Waals surface area contributed by atoms with Crippen molar-refractivity contribution < 1.29 is 8.42 Å². The lowest BCUT2D eigenvalue weighted by Crippen LogP contribution is -2.30. The third-order valence-corrected chi connectivity index (χ3v) is 4.98. The third kappa shape index (κ3) is 2.68. The molecule has 0 N–H and O–H groups in total. The standard InChI is InChI=1S/C13H17N5O2S/c1-17-7-5-14-13(17)11-9-15-10(8-16-11)12-4-3-6-18(12)21(2,19)20/h5,7-9,12H,3-4,6H2,1-2H3/t12-/m1/s1. The molecule has 0 spiro atoms. The molecule has 1 aliphatic heterocycles. The van der Waals surface area contributed by atoms with E-state index < -0.39 is 10.0 Å². The van der Waals surface area contributed by atoms with E-state index in [4.69, 9.17) is 0 Å².